The summed E-state index contributed by atoms with van der Waals surface area (Å²) in [5.74, 6) is -0.809. The first-order valence-electron chi connectivity index (χ1n) is 9.32. The number of aromatic nitrogens is 1. The maximum Gasteiger partial charge on any atom is 0.305 e. The quantitative estimate of drug-likeness (QED) is 0.718. The first-order valence-corrected chi connectivity index (χ1v) is 9.32. The van der Waals surface area contributed by atoms with E-state index in [-0.39, 0.29) is 17.8 Å². The zero-order valence-corrected chi connectivity index (χ0v) is 16.4. The van der Waals surface area contributed by atoms with Crippen molar-refractivity contribution in [2.24, 2.45) is 12.0 Å². The molecule has 0 saturated heterocycles. The lowest BCUT2D eigenvalue weighted by Crippen LogP contribution is -2.18. The Labute approximate surface area is 171 Å². The highest BCUT2D eigenvalue weighted by atomic mass is 19.1. The van der Waals surface area contributed by atoms with Gasteiger partial charge in [0.25, 0.3) is 5.56 Å². The summed E-state index contributed by atoms with van der Waals surface area (Å²) in [6.07, 6.45) is 1.41. The van der Waals surface area contributed by atoms with E-state index < -0.39 is 12.0 Å². The van der Waals surface area contributed by atoms with Gasteiger partial charge in [-0.3, -0.25) is 14.6 Å². The Kier molecular flexibility index (Phi) is 4.95. The lowest BCUT2D eigenvalue weighted by molar-refractivity contribution is -0.137. The number of methoxy groups -OCH3 is 1. The van der Waals surface area contributed by atoms with Crippen molar-refractivity contribution in [2.45, 2.75) is 12.5 Å². The molecule has 6 nitrogen and oxygen atoms in total. The van der Waals surface area contributed by atoms with Crippen molar-refractivity contribution in [3.8, 4) is 16.9 Å². The smallest absolute Gasteiger partial charge is 0.305 e. The maximum atomic E-state index is 13.5. The molecule has 30 heavy (non-hydrogen) atoms. The molecule has 0 spiro atoms. The number of carbonyl (C=O) groups is 1. The number of aliphatic carboxylic acids is 1. The van der Waals surface area contributed by atoms with Crippen LogP contribution in [0.2, 0.25) is 0 Å². The highest BCUT2D eigenvalue weighted by Crippen LogP contribution is 2.39. The Morgan fingerprint density at radius 2 is 1.87 bits per heavy atom. The molecule has 2 heterocycles. The number of benzene rings is 2. The van der Waals surface area contributed by atoms with Crippen molar-refractivity contribution in [3.63, 3.8) is 0 Å². The van der Waals surface area contributed by atoms with E-state index in [2.05, 4.69) is 0 Å². The van der Waals surface area contributed by atoms with E-state index in [0.717, 1.165) is 11.1 Å². The van der Waals surface area contributed by atoms with Crippen molar-refractivity contribution >= 4 is 11.7 Å². The average Bonchev–Trinajstić information content (AvgIpc) is 2.84. The third-order valence-electron chi connectivity index (χ3n) is 5.16. The summed E-state index contributed by atoms with van der Waals surface area (Å²) in [5, 5.41) is 9.48. The van der Waals surface area contributed by atoms with Crippen molar-refractivity contribution in [2.75, 3.05) is 7.11 Å². The number of aliphatic imine (C=N–C) groups is 1. The van der Waals surface area contributed by atoms with E-state index in [1.54, 1.807) is 38.6 Å². The molecule has 0 amide bonds. The van der Waals surface area contributed by atoms with Gasteiger partial charge in [0, 0.05) is 36.0 Å². The summed E-state index contributed by atoms with van der Waals surface area (Å²) in [5.41, 5.74) is 3.68. The third-order valence-corrected chi connectivity index (χ3v) is 5.16. The lowest BCUT2D eigenvalue weighted by Gasteiger charge is -2.15. The van der Waals surface area contributed by atoms with Gasteiger partial charge in [-0.2, -0.15) is 0 Å². The summed E-state index contributed by atoms with van der Waals surface area (Å²) in [6.45, 7) is 0. The van der Waals surface area contributed by atoms with E-state index in [1.807, 2.05) is 12.1 Å². The number of hydrogen-bond donors (Lipinski definition) is 1. The number of aryl methyl sites for hydroxylation is 1. The number of carboxylic acid groups (broad SMARTS) is 1. The fraction of sp³-hybridized carbons (Fsp3) is 0.174. The standard InChI is InChI=1S/C23H19FN2O4/c1-26-12-19-16-8-7-15(30-2)9-18(16)23(13-3-5-14(24)6-4-13)25-20(11-22(28)29)17(19)10-21(26)27/h3-10,12,20H,11H2,1-2H3,(H,28,29)/t20-/m0/s1. The minimum atomic E-state index is -1.03. The Balaban J connectivity index is 2.07. The zero-order valence-electron chi connectivity index (χ0n) is 16.4. The molecule has 3 aromatic rings. The van der Waals surface area contributed by atoms with Gasteiger partial charge in [-0.1, -0.05) is 0 Å². The minimum absolute atomic E-state index is 0.250. The molecule has 7 heteroatoms. The van der Waals surface area contributed by atoms with Crippen LogP contribution in [0.15, 0.2) is 64.5 Å². The normalized spacial score (nSPS) is 14.9. The van der Waals surface area contributed by atoms with Gasteiger partial charge in [0.05, 0.1) is 25.3 Å². The third kappa shape index (κ3) is 3.50. The van der Waals surface area contributed by atoms with E-state index in [0.29, 0.717) is 28.2 Å². The van der Waals surface area contributed by atoms with Gasteiger partial charge in [0.15, 0.2) is 0 Å². The molecule has 2 aromatic carbocycles. The summed E-state index contributed by atoms with van der Waals surface area (Å²) >= 11 is 0. The number of ether oxygens (including phenoxy) is 1. The highest BCUT2D eigenvalue weighted by molar-refractivity contribution is 6.17. The van der Waals surface area contributed by atoms with E-state index in [9.17, 15) is 19.1 Å². The van der Waals surface area contributed by atoms with Crippen LogP contribution in [0.3, 0.4) is 0 Å². The number of hydrogen-bond acceptors (Lipinski definition) is 4. The molecule has 0 fully saturated rings. The van der Waals surface area contributed by atoms with Crippen LogP contribution in [0.5, 0.6) is 5.75 Å². The van der Waals surface area contributed by atoms with Crippen LogP contribution in [-0.4, -0.2) is 28.5 Å². The van der Waals surface area contributed by atoms with Crippen molar-refractivity contribution in [3.05, 3.63) is 87.6 Å². The molecule has 1 aliphatic rings. The fourth-order valence-corrected chi connectivity index (χ4v) is 3.68. The van der Waals surface area contributed by atoms with Crippen LogP contribution in [0, 0.1) is 5.82 Å². The maximum absolute atomic E-state index is 13.5. The summed E-state index contributed by atoms with van der Waals surface area (Å²) in [7, 11) is 3.20. The lowest BCUT2D eigenvalue weighted by atomic mass is 9.91. The molecule has 1 aromatic heterocycles. The van der Waals surface area contributed by atoms with Crippen molar-refractivity contribution in [1.82, 2.24) is 4.57 Å². The van der Waals surface area contributed by atoms with Crippen LogP contribution >= 0.6 is 0 Å². The highest BCUT2D eigenvalue weighted by Gasteiger charge is 2.27. The Morgan fingerprint density at radius 3 is 2.53 bits per heavy atom. The molecular formula is C23H19FN2O4. The van der Waals surface area contributed by atoms with Crippen LogP contribution < -0.4 is 10.3 Å². The van der Waals surface area contributed by atoms with Gasteiger partial charge in [-0.15, -0.1) is 0 Å². The van der Waals surface area contributed by atoms with Crippen LogP contribution in [0.1, 0.15) is 29.2 Å². The predicted molar refractivity (Wildman–Crippen MR) is 111 cm³/mol. The van der Waals surface area contributed by atoms with Crippen LogP contribution in [0.25, 0.3) is 11.1 Å². The van der Waals surface area contributed by atoms with Gasteiger partial charge in [0.1, 0.15) is 11.6 Å². The number of nitrogens with zero attached hydrogens (tertiary/aromatic N) is 2. The monoisotopic (exact) mass is 406 g/mol. The van der Waals surface area contributed by atoms with Crippen LogP contribution in [0.4, 0.5) is 4.39 Å². The van der Waals surface area contributed by atoms with Gasteiger partial charge < -0.3 is 14.4 Å². The molecule has 1 N–H and O–H groups in total. The minimum Gasteiger partial charge on any atom is -0.497 e. The average molecular weight is 406 g/mol. The predicted octanol–water partition coefficient (Wildman–Crippen LogP) is 3.57. The van der Waals surface area contributed by atoms with Crippen molar-refractivity contribution < 1.29 is 19.0 Å². The molecule has 0 unspecified atom stereocenters. The second-order valence-corrected chi connectivity index (χ2v) is 7.10. The summed E-state index contributed by atoms with van der Waals surface area (Å²) < 4.78 is 20.4. The Bertz CT molecular complexity index is 1230. The number of fused-ring (bicyclic) bond motifs is 3. The topological polar surface area (TPSA) is 80.9 Å². The van der Waals surface area contributed by atoms with E-state index >= 15 is 0 Å². The van der Waals surface area contributed by atoms with Gasteiger partial charge in [-0.25, -0.2) is 4.39 Å². The zero-order chi connectivity index (χ0) is 21.4. The number of pyridine rings is 1. The number of halogens is 1. The molecule has 0 saturated carbocycles. The molecule has 152 valence electrons. The molecular weight excluding hydrogens is 387 g/mol. The number of rotatable bonds is 4. The molecule has 0 aliphatic carbocycles. The van der Waals surface area contributed by atoms with E-state index in [4.69, 9.17) is 9.73 Å². The van der Waals surface area contributed by atoms with Crippen LogP contribution in [-0.2, 0) is 11.8 Å². The first kappa shape index (κ1) is 19.6. The summed E-state index contributed by atoms with van der Waals surface area (Å²) in [4.78, 5) is 28.7. The number of carboxylic acids is 1. The Morgan fingerprint density at radius 1 is 1.13 bits per heavy atom. The first-order chi connectivity index (χ1) is 14.4. The molecule has 1 atom stereocenters. The molecule has 0 radical (unpaired) electrons. The largest absolute Gasteiger partial charge is 0.497 e. The van der Waals surface area contributed by atoms with Gasteiger partial charge >= 0.3 is 5.97 Å². The summed E-state index contributed by atoms with van der Waals surface area (Å²) in [6, 6.07) is 12.0. The molecule has 1 aliphatic heterocycles. The fourth-order valence-electron chi connectivity index (χ4n) is 3.68. The molecule has 0 bridgehead atoms. The van der Waals surface area contributed by atoms with Gasteiger partial charge in [0.2, 0.25) is 0 Å². The Hall–Kier alpha value is -3.74. The van der Waals surface area contributed by atoms with Crippen molar-refractivity contribution in [1.29, 1.82) is 0 Å². The second kappa shape index (κ2) is 7.59. The molecule has 4 rings (SSSR count). The second-order valence-electron chi connectivity index (χ2n) is 7.10. The van der Waals surface area contributed by atoms with E-state index in [1.165, 1.54) is 22.8 Å². The van der Waals surface area contributed by atoms with Gasteiger partial charge in [-0.05, 0) is 53.6 Å². The SMILES string of the molecule is COc1ccc2c(c1)C(c1ccc(F)cc1)=N[C@@H](CC(=O)O)c1cc(=O)n(C)cc1-2.